The molecule has 2 aromatic rings. The van der Waals surface area contributed by atoms with Gasteiger partial charge in [-0.05, 0) is 36.1 Å². The summed E-state index contributed by atoms with van der Waals surface area (Å²) >= 11 is 1.09. The van der Waals surface area contributed by atoms with Gasteiger partial charge in [-0.25, -0.2) is 8.42 Å². The fraction of sp³-hybridized carbons (Fsp3) is 0.200. The molecule has 0 bridgehead atoms. The molecule has 1 amide bonds. The van der Waals surface area contributed by atoms with E-state index >= 15 is 0 Å². The van der Waals surface area contributed by atoms with E-state index in [2.05, 4.69) is 10.0 Å². The van der Waals surface area contributed by atoms with E-state index in [0.29, 0.717) is 5.56 Å². The molecule has 0 fully saturated rings. The molecule has 2 N–H and O–H groups in total. The van der Waals surface area contributed by atoms with Gasteiger partial charge in [0.15, 0.2) is 0 Å². The second kappa shape index (κ2) is 7.37. The highest BCUT2D eigenvalue weighted by atomic mass is 32.2. The van der Waals surface area contributed by atoms with Gasteiger partial charge in [0.2, 0.25) is 5.91 Å². The summed E-state index contributed by atoms with van der Waals surface area (Å²) in [6.07, 6.45) is 0. The van der Waals surface area contributed by atoms with Crippen molar-refractivity contribution in [2.75, 3.05) is 0 Å². The molecule has 6 nitrogen and oxygen atoms in total. The minimum Gasteiger partial charge on any atom is -0.351 e. The number of rotatable bonds is 6. The minimum absolute atomic E-state index is 0.171. The van der Waals surface area contributed by atoms with E-state index in [9.17, 15) is 13.2 Å². The van der Waals surface area contributed by atoms with Crippen molar-refractivity contribution in [3.8, 4) is 6.07 Å². The van der Waals surface area contributed by atoms with E-state index in [1.165, 1.54) is 13.0 Å². The van der Waals surface area contributed by atoms with Crippen LogP contribution in [-0.4, -0.2) is 20.4 Å². The molecule has 0 radical (unpaired) electrons. The third-order valence-corrected chi connectivity index (χ3v) is 5.97. The maximum absolute atomic E-state index is 12.0. The smallest absolute Gasteiger partial charge is 0.250 e. The molecule has 120 valence electrons. The van der Waals surface area contributed by atoms with Crippen molar-refractivity contribution in [1.82, 2.24) is 10.0 Å². The lowest BCUT2D eigenvalue weighted by Gasteiger charge is -2.13. The Kier molecular flexibility index (Phi) is 5.50. The number of nitriles is 1. The van der Waals surface area contributed by atoms with Gasteiger partial charge in [-0.2, -0.15) is 9.98 Å². The standard InChI is InChI=1S/C15H15N3O3S2/c1-11(18-23(20,21)14-3-2-8-22-14)15(19)17-10-13-6-4-12(9-16)5-7-13/h2-8,11,18H,10H2,1H3,(H,17,19). The van der Waals surface area contributed by atoms with E-state index in [1.54, 1.807) is 35.7 Å². The first-order chi connectivity index (χ1) is 10.9. The maximum atomic E-state index is 12.0. The SMILES string of the molecule is CC(NS(=O)(=O)c1cccs1)C(=O)NCc1ccc(C#N)cc1. The topological polar surface area (TPSA) is 99.1 Å². The van der Waals surface area contributed by atoms with Crippen molar-refractivity contribution < 1.29 is 13.2 Å². The van der Waals surface area contributed by atoms with E-state index in [0.717, 1.165) is 16.9 Å². The number of thiophene rings is 1. The first-order valence-electron chi connectivity index (χ1n) is 6.75. The minimum atomic E-state index is -3.68. The molecule has 1 heterocycles. The van der Waals surface area contributed by atoms with Gasteiger partial charge < -0.3 is 5.32 Å². The van der Waals surface area contributed by atoms with Gasteiger partial charge in [0.05, 0.1) is 17.7 Å². The molecule has 8 heteroatoms. The van der Waals surface area contributed by atoms with Crippen LogP contribution in [0.1, 0.15) is 18.1 Å². The number of nitrogens with one attached hydrogen (secondary N) is 2. The summed E-state index contributed by atoms with van der Waals surface area (Å²) in [5, 5.41) is 13.0. The van der Waals surface area contributed by atoms with E-state index in [4.69, 9.17) is 5.26 Å². The molecule has 0 aliphatic carbocycles. The lowest BCUT2D eigenvalue weighted by molar-refractivity contribution is -0.122. The summed E-state index contributed by atoms with van der Waals surface area (Å²) in [7, 11) is -3.68. The average molecular weight is 349 g/mol. The molecule has 0 aliphatic heterocycles. The summed E-state index contributed by atoms with van der Waals surface area (Å²) < 4.78 is 26.6. The molecule has 0 saturated carbocycles. The van der Waals surface area contributed by atoms with Gasteiger partial charge in [0.25, 0.3) is 10.0 Å². The molecule has 1 atom stereocenters. The molecule has 1 aromatic heterocycles. The van der Waals surface area contributed by atoms with Gasteiger partial charge in [-0.3, -0.25) is 4.79 Å². The summed E-state index contributed by atoms with van der Waals surface area (Å²) in [5.74, 6) is -0.422. The zero-order valence-corrected chi connectivity index (χ0v) is 13.9. The van der Waals surface area contributed by atoms with Gasteiger partial charge in [0, 0.05) is 6.54 Å². The molecule has 0 saturated heterocycles. The maximum Gasteiger partial charge on any atom is 0.250 e. The van der Waals surface area contributed by atoms with Crippen molar-refractivity contribution in [3.63, 3.8) is 0 Å². The highest BCUT2D eigenvalue weighted by Gasteiger charge is 2.22. The third-order valence-electron chi connectivity index (χ3n) is 3.03. The largest absolute Gasteiger partial charge is 0.351 e. The number of nitrogens with zero attached hydrogens (tertiary/aromatic N) is 1. The Hall–Kier alpha value is -2.21. The van der Waals surface area contributed by atoms with Gasteiger partial charge in [-0.1, -0.05) is 18.2 Å². The number of hydrogen-bond acceptors (Lipinski definition) is 5. The Morgan fingerprint density at radius 2 is 2.00 bits per heavy atom. The zero-order valence-electron chi connectivity index (χ0n) is 12.3. The van der Waals surface area contributed by atoms with Crippen molar-refractivity contribution in [1.29, 1.82) is 5.26 Å². The Morgan fingerprint density at radius 3 is 2.57 bits per heavy atom. The lowest BCUT2D eigenvalue weighted by atomic mass is 10.1. The Labute approximate surface area is 138 Å². The highest BCUT2D eigenvalue weighted by Crippen LogP contribution is 2.15. The molecule has 1 aromatic carbocycles. The number of carbonyl (C=O) groups excluding carboxylic acids is 1. The summed E-state index contributed by atoms with van der Waals surface area (Å²) in [6, 6.07) is 11.0. The van der Waals surface area contributed by atoms with E-state index in [-0.39, 0.29) is 10.8 Å². The molecule has 0 spiro atoms. The Balaban J connectivity index is 1.91. The number of benzene rings is 1. The highest BCUT2D eigenvalue weighted by molar-refractivity contribution is 7.91. The van der Waals surface area contributed by atoms with Crippen LogP contribution < -0.4 is 10.0 Å². The van der Waals surface area contributed by atoms with Crippen molar-refractivity contribution in [2.24, 2.45) is 0 Å². The van der Waals surface area contributed by atoms with Crippen molar-refractivity contribution in [2.45, 2.75) is 23.7 Å². The second-order valence-corrected chi connectivity index (χ2v) is 7.69. The monoisotopic (exact) mass is 349 g/mol. The van der Waals surface area contributed by atoms with Gasteiger partial charge >= 0.3 is 0 Å². The Bertz CT molecular complexity index is 807. The fourth-order valence-electron chi connectivity index (χ4n) is 1.80. The van der Waals surface area contributed by atoms with E-state index < -0.39 is 22.0 Å². The van der Waals surface area contributed by atoms with Crippen LogP contribution in [0.25, 0.3) is 0 Å². The summed E-state index contributed by atoms with van der Waals surface area (Å²) in [6.45, 7) is 1.74. The van der Waals surface area contributed by atoms with E-state index in [1.807, 2.05) is 6.07 Å². The van der Waals surface area contributed by atoms with Crippen LogP contribution in [0.2, 0.25) is 0 Å². The normalized spacial score (nSPS) is 12.3. The average Bonchev–Trinajstić information content (AvgIpc) is 3.08. The Morgan fingerprint density at radius 1 is 1.30 bits per heavy atom. The summed E-state index contributed by atoms with van der Waals surface area (Å²) in [5.41, 5.74) is 1.36. The number of amides is 1. The number of carbonyl (C=O) groups is 1. The molecular formula is C15H15N3O3S2. The zero-order chi connectivity index (χ0) is 16.9. The lowest BCUT2D eigenvalue weighted by Crippen LogP contribution is -2.44. The molecule has 23 heavy (non-hydrogen) atoms. The summed E-state index contributed by atoms with van der Waals surface area (Å²) in [4.78, 5) is 12.0. The predicted molar refractivity (Wildman–Crippen MR) is 87.1 cm³/mol. The van der Waals surface area contributed by atoms with Crippen LogP contribution in [0.3, 0.4) is 0 Å². The van der Waals surface area contributed by atoms with Crippen LogP contribution in [0.5, 0.6) is 0 Å². The second-order valence-electron chi connectivity index (χ2n) is 4.80. The first-order valence-corrected chi connectivity index (χ1v) is 9.11. The van der Waals surface area contributed by atoms with Crippen LogP contribution >= 0.6 is 11.3 Å². The van der Waals surface area contributed by atoms with Gasteiger partial charge in [0.1, 0.15) is 4.21 Å². The van der Waals surface area contributed by atoms with Gasteiger partial charge in [-0.15, -0.1) is 11.3 Å². The van der Waals surface area contributed by atoms with Crippen LogP contribution in [0.4, 0.5) is 0 Å². The van der Waals surface area contributed by atoms with Crippen molar-refractivity contribution in [3.05, 3.63) is 52.9 Å². The van der Waals surface area contributed by atoms with Crippen LogP contribution in [-0.2, 0) is 21.4 Å². The molecule has 1 unspecified atom stereocenters. The molecule has 2 rings (SSSR count). The molecule has 0 aliphatic rings. The first kappa shape index (κ1) is 17.1. The van der Waals surface area contributed by atoms with Crippen LogP contribution in [0, 0.1) is 11.3 Å². The predicted octanol–water partition coefficient (Wildman–Crippen LogP) is 1.60. The molecular weight excluding hydrogens is 334 g/mol. The fourth-order valence-corrected chi connectivity index (χ4v) is 4.01. The quantitative estimate of drug-likeness (QED) is 0.827. The number of sulfonamides is 1. The third kappa shape index (κ3) is 4.63. The van der Waals surface area contributed by atoms with Crippen molar-refractivity contribution >= 4 is 27.3 Å². The number of hydrogen-bond donors (Lipinski definition) is 2. The van der Waals surface area contributed by atoms with Crippen LogP contribution in [0.15, 0.2) is 46.0 Å².